The van der Waals surface area contributed by atoms with Crippen molar-refractivity contribution in [2.24, 2.45) is 4.99 Å². The summed E-state index contributed by atoms with van der Waals surface area (Å²) in [6.45, 7) is 4.67. The number of ether oxygens (including phenoxy) is 3. The molecule has 0 saturated carbocycles. The van der Waals surface area contributed by atoms with E-state index in [9.17, 15) is 14.4 Å². The Kier molecular flexibility index (Phi) is 23.3. The number of nitrogens with zero attached hydrogens (tertiary/aromatic N) is 5. The molecule has 0 radical (unpaired) electrons. The second-order valence-electron chi connectivity index (χ2n) is 14.6. The van der Waals surface area contributed by atoms with E-state index in [0.717, 1.165) is 82.1 Å². The van der Waals surface area contributed by atoms with Crippen LogP contribution in [0, 0.1) is 0 Å². The van der Waals surface area contributed by atoms with Gasteiger partial charge >= 0.3 is 6.09 Å². The van der Waals surface area contributed by atoms with Gasteiger partial charge in [0.15, 0.2) is 6.04 Å². The number of rotatable bonds is 14. The zero-order valence-corrected chi connectivity index (χ0v) is 39.6. The molecule has 1 unspecified atom stereocenters. The van der Waals surface area contributed by atoms with Gasteiger partial charge in [0, 0.05) is 32.9 Å². The van der Waals surface area contributed by atoms with E-state index in [1.807, 2.05) is 11.0 Å². The Morgan fingerprint density at radius 1 is 0.766 bits per heavy atom. The summed E-state index contributed by atoms with van der Waals surface area (Å²) < 4.78 is 15.6. The molecule has 0 aliphatic carbocycles. The highest BCUT2D eigenvalue weighted by atomic mass is 32.1. The van der Waals surface area contributed by atoms with Gasteiger partial charge in [-0.15, -0.1) is 0 Å². The van der Waals surface area contributed by atoms with Crippen LogP contribution in [0.2, 0.25) is 0 Å². The van der Waals surface area contributed by atoms with Crippen molar-refractivity contribution in [3.05, 3.63) is 72.4 Å². The Labute approximate surface area is 403 Å². The number of hydrogen-bond acceptors (Lipinski definition) is 11. The zero-order valence-electron chi connectivity index (χ0n) is 35.6. The number of hydrogen-bond donors (Lipinski definition) is 3. The molecule has 2 aliphatic heterocycles. The van der Waals surface area contributed by atoms with Crippen molar-refractivity contribution in [1.82, 2.24) is 35.1 Å². The minimum Gasteiger partial charge on any atom is -0.453 e. The molecule has 16 nitrogen and oxygen atoms in total. The fourth-order valence-electron chi connectivity index (χ4n) is 7.94. The van der Waals surface area contributed by atoms with Crippen LogP contribution in [0.5, 0.6) is 0 Å². The number of imidazole rings is 2. The molecule has 2 aliphatic rings. The molecule has 6 atom stereocenters. The quantitative estimate of drug-likeness (QED) is 0.0434. The fourth-order valence-corrected chi connectivity index (χ4v) is 7.94. The van der Waals surface area contributed by atoms with Crippen molar-refractivity contribution in [1.29, 1.82) is 0 Å². The van der Waals surface area contributed by atoms with Crippen molar-refractivity contribution in [2.45, 2.75) is 90.8 Å². The molecule has 2 fully saturated rings. The van der Waals surface area contributed by atoms with E-state index in [2.05, 4.69) is 73.7 Å². The van der Waals surface area contributed by atoms with Crippen molar-refractivity contribution >= 4 is 100 Å². The van der Waals surface area contributed by atoms with Crippen LogP contribution in [0.1, 0.15) is 78.1 Å². The summed E-state index contributed by atoms with van der Waals surface area (Å²) in [5.74, 6) is 1.02. The Morgan fingerprint density at radius 2 is 1.34 bits per heavy atom. The van der Waals surface area contributed by atoms with Gasteiger partial charge in [0.2, 0.25) is 12.3 Å². The fraction of sp³-hybridized carbons (Fsp3) is 0.455. The first-order valence-corrected chi connectivity index (χ1v) is 19.4. The molecular weight excluding hydrogens is 897 g/mol. The normalized spacial score (nSPS) is 17.3. The van der Waals surface area contributed by atoms with E-state index in [-0.39, 0.29) is 92.7 Å². The van der Waals surface area contributed by atoms with Gasteiger partial charge in [-0.05, 0) is 85.7 Å². The minimum absolute atomic E-state index is 0. The maximum atomic E-state index is 13.7. The molecule has 7 rings (SSSR count). The molecule has 354 valence electrons. The van der Waals surface area contributed by atoms with E-state index < -0.39 is 30.4 Å². The van der Waals surface area contributed by atoms with Gasteiger partial charge in [-0.1, -0.05) is 45.2 Å². The molecule has 3 N–H and O–H groups in total. The number of methoxy groups -OCH3 is 3. The van der Waals surface area contributed by atoms with Crippen LogP contribution in [0.15, 0.2) is 65.8 Å². The molecular formula is C44H66N8O8S4. The number of aromatic nitrogens is 4. The van der Waals surface area contributed by atoms with Crippen LogP contribution in [-0.4, -0.2) is 120 Å². The van der Waals surface area contributed by atoms with Crippen LogP contribution >= 0.6 is 54.0 Å². The summed E-state index contributed by atoms with van der Waals surface area (Å²) in [7, 11) is 5.68. The maximum absolute atomic E-state index is 13.7. The van der Waals surface area contributed by atoms with Crippen LogP contribution in [0.4, 0.5) is 4.79 Å². The molecule has 5 aromatic rings. The van der Waals surface area contributed by atoms with Crippen LogP contribution in [-0.2, 0) is 33.6 Å². The largest absolute Gasteiger partial charge is 0.453 e. The SMILES string of the molecule is C.C.COOC=NC(C(=O)N1CCC[C@H]1c1nc2ccc(-c3ccc4cc(-c5cnc([C@@H]6CCCN6C(=O)[C@@H](NC(=O)OC)[C@@H](C)OC)[nH]5)ccc4c3)cc2[nH]1)[C@@H](C)OC.S.S.S.S. The van der Waals surface area contributed by atoms with Gasteiger partial charge in [-0.3, -0.25) is 9.59 Å². The van der Waals surface area contributed by atoms with Gasteiger partial charge in [-0.2, -0.15) is 58.9 Å². The van der Waals surface area contributed by atoms with Crippen molar-refractivity contribution < 1.29 is 38.4 Å². The van der Waals surface area contributed by atoms with E-state index in [0.29, 0.717) is 18.9 Å². The number of likely N-dealkylation sites (tertiary alicyclic amines) is 2. The van der Waals surface area contributed by atoms with Gasteiger partial charge < -0.3 is 44.2 Å². The van der Waals surface area contributed by atoms with Crippen molar-refractivity contribution in [3.63, 3.8) is 0 Å². The van der Waals surface area contributed by atoms with E-state index >= 15 is 0 Å². The number of aliphatic imine (C=N–C) groups is 1. The predicted octanol–water partition coefficient (Wildman–Crippen LogP) is 7.59. The number of carbonyl (C=O) groups excluding carboxylic acids is 3. The maximum Gasteiger partial charge on any atom is 0.407 e. The second kappa shape index (κ2) is 25.9. The topological polar surface area (TPSA) is 186 Å². The first kappa shape index (κ1) is 57.6. The molecule has 2 aromatic heterocycles. The monoisotopic (exact) mass is 962 g/mol. The van der Waals surface area contributed by atoms with Crippen LogP contribution < -0.4 is 5.32 Å². The minimum atomic E-state index is -0.899. The lowest BCUT2D eigenvalue weighted by molar-refractivity contribution is -0.188. The highest BCUT2D eigenvalue weighted by molar-refractivity contribution is 7.59. The second-order valence-corrected chi connectivity index (χ2v) is 14.6. The van der Waals surface area contributed by atoms with Crippen molar-refractivity contribution in [2.75, 3.05) is 41.5 Å². The third kappa shape index (κ3) is 12.3. The summed E-state index contributed by atoms with van der Waals surface area (Å²) in [6, 6.07) is 16.6. The van der Waals surface area contributed by atoms with Gasteiger partial charge in [0.05, 0.1) is 61.4 Å². The lowest BCUT2D eigenvalue weighted by Gasteiger charge is -2.30. The summed E-state index contributed by atoms with van der Waals surface area (Å²) in [5.41, 5.74) is 5.61. The number of H-pyrrole nitrogens is 2. The third-order valence-corrected chi connectivity index (χ3v) is 11.3. The molecule has 0 bridgehead atoms. The standard InChI is InChI=1S/C42H50N8O8.2CH4.4H2S/c1-24(54-3)36(44-23-58-57-6)40(51)50-18-8-10-35(50)39-45-31-16-15-29(21-32(31)46-39)27-11-12-28-20-30(14-13-26(28)19-27)33-22-43-38(47-33)34-9-7-17-49(34)41(52)37(25(2)55-4)48-42(53)56-5;;;;;;/h11-16,19-25,34-37H,7-10,17-18H2,1-6H3,(H,43,47)(H,45,46)(H,48,53);2*1H4;4*1H2/t24-,25-,34+,35+,36?,37+;;;;;;/m1....../s1. The highest BCUT2D eigenvalue weighted by Crippen LogP contribution is 2.36. The number of amides is 3. The molecule has 20 heteroatoms. The summed E-state index contributed by atoms with van der Waals surface area (Å²) in [5, 5.41) is 4.77. The summed E-state index contributed by atoms with van der Waals surface area (Å²) >= 11 is 0. The van der Waals surface area contributed by atoms with Crippen molar-refractivity contribution in [3.8, 4) is 22.4 Å². The molecule has 2 saturated heterocycles. The number of carbonyl (C=O) groups is 3. The molecule has 3 aromatic carbocycles. The highest BCUT2D eigenvalue weighted by Gasteiger charge is 2.39. The summed E-state index contributed by atoms with van der Waals surface area (Å²) in [6.07, 6.45) is 4.38. The summed E-state index contributed by atoms with van der Waals surface area (Å²) in [4.78, 5) is 73.3. The molecule has 4 heterocycles. The first-order chi connectivity index (χ1) is 28.1. The lowest BCUT2D eigenvalue weighted by atomic mass is 9.99. The van der Waals surface area contributed by atoms with E-state index in [1.165, 1.54) is 21.3 Å². The Bertz CT molecular complexity index is 2310. The average Bonchev–Trinajstić information content (AvgIpc) is 4.09. The number of aromatic amines is 2. The average molecular weight is 963 g/mol. The Balaban J connectivity index is 0.00000341. The molecule has 3 amide bonds. The number of benzene rings is 3. The number of nitrogens with one attached hydrogen (secondary N) is 3. The smallest absolute Gasteiger partial charge is 0.407 e. The Hall–Kier alpha value is -4.44. The number of alkyl carbamates (subject to hydrolysis) is 1. The Morgan fingerprint density at radius 3 is 1.97 bits per heavy atom. The molecule has 64 heavy (non-hydrogen) atoms. The van der Waals surface area contributed by atoms with Crippen LogP contribution in [0.3, 0.4) is 0 Å². The zero-order chi connectivity index (χ0) is 40.9. The molecule has 0 spiro atoms. The predicted molar refractivity (Wildman–Crippen MR) is 272 cm³/mol. The first-order valence-electron chi connectivity index (χ1n) is 19.4. The van der Waals surface area contributed by atoms with Gasteiger partial charge in [-0.25, -0.2) is 19.8 Å². The van der Waals surface area contributed by atoms with E-state index in [4.69, 9.17) is 29.1 Å². The van der Waals surface area contributed by atoms with Gasteiger partial charge in [0.25, 0.3) is 5.91 Å². The number of fused-ring (bicyclic) bond motifs is 2. The van der Waals surface area contributed by atoms with Crippen LogP contribution in [0.25, 0.3) is 44.2 Å². The van der Waals surface area contributed by atoms with E-state index in [1.54, 1.807) is 32.1 Å². The lowest BCUT2D eigenvalue weighted by Crippen LogP contribution is -2.54. The third-order valence-electron chi connectivity index (χ3n) is 11.3. The van der Waals surface area contributed by atoms with Gasteiger partial charge in [0.1, 0.15) is 17.7 Å².